The molecule has 0 radical (unpaired) electrons. The van der Waals surface area contributed by atoms with Crippen LogP contribution >= 0.6 is 0 Å². The smallest absolute Gasteiger partial charge is 0.0726 e. The molecule has 1 unspecified atom stereocenters. The van der Waals surface area contributed by atoms with E-state index in [9.17, 15) is 0 Å². The lowest BCUT2D eigenvalue weighted by Crippen LogP contribution is -2.29. The normalized spacial score (nSPS) is 19.2. The van der Waals surface area contributed by atoms with E-state index in [4.69, 9.17) is 0 Å². The van der Waals surface area contributed by atoms with Crippen molar-refractivity contribution in [1.82, 2.24) is 0 Å². The van der Waals surface area contributed by atoms with Gasteiger partial charge in [0, 0.05) is 11.3 Å². The van der Waals surface area contributed by atoms with Crippen LogP contribution in [0.3, 0.4) is 0 Å². The van der Waals surface area contributed by atoms with Crippen molar-refractivity contribution >= 4 is 28.1 Å². The summed E-state index contributed by atoms with van der Waals surface area (Å²) in [5, 5.41) is 0. The van der Waals surface area contributed by atoms with Gasteiger partial charge in [0.05, 0.1) is 17.1 Å². The van der Waals surface area contributed by atoms with Gasteiger partial charge < -0.3 is 4.90 Å². The van der Waals surface area contributed by atoms with E-state index in [2.05, 4.69) is 200 Å². The van der Waals surface area contributed by atoms with Crippen LogP contribution in [-0.2, 0) is 5.41 Å². The molecule has 0 fully saturated rings. The highest BCUT2D eigenvalue weighted by molar-refractivity contribution is 6.03. The van der Waals surface area contributed by atoms with Crippen LogP contribution in [0.2, 0.25) is 0 Å². The maximum Gasteiger partial charge on any atom is 0.0726 e. The quantitative estimate of drug-likeness (QED) is 0.174. The summed E-state index contributed by atoms with van der Waals surface area (Å²) < 4.78 is 0. The van der Waals surface area contributed by atoms with Gasteiger partial charge in [-0.25, -0.2) is 0 Å². The summed E-state index contributed by atoms with van der Waals surface area (Å²) in [7, 11) is 0. The molecule has 0 heterocycles. The summed E-state index contributed by atoms with van der Waals surface area (Å²) in [5.41, 5.74) is 17.4. The van der Waals surface area contributed by atoms with Gasteiger partial charge in [0.15, 0.2) is 0 Å². The standard InChI is InChI=1S/C51H41N/c1-3-17-45-42(4-2)50-48(51(45)46-26-13-11-24-43(46)44-25-12-14-27-47(44)51)28-16-29-49(50)52(41-34-31-39(32-35-41)37-20-9-6-10-21-37)40-23-15-22-38(30-33-40)36-18-7-5-8-19-36/h3-9,11-20,22-35,40H,1,10,21H2,2H3/b42-4+,45-17+. The lowest BCUT2D eigenvalue weighted by atomic mass is 9.70. The molecule has 4 aliphatic rings. The minimum absolute atomic E-state index is 0.0312. The first-order valence-electron chi connectivity index (χ1n) is 18.4. The van der Waals surface area contributed by atoms with Crippen LogP contribution in [0, 0.1) is 0 Å². The second-order valence-corrected chi connectivity index (χ2v) is 13.9. The van der Waals surface area contributed by atoms with Crippen molar-refractivity contribution in [2.75, 3.05) is 4.90 Å². The van der Waals surface area contributed by atoms with E-state index in [0.29, 0.717) is 0 Å². The Hall–Kier alpha value is -6.18. The predicted molar refractivity (Wildman–Crippen MR) is 222 cm³/mol. The number of fused-ring (bicyclic) bond motifs is 7. The molecule has 0 N–H and O–H groups in total. The lowest BCUT2D eigenvalue weighted by Gasteiger charge is -2.33. The topological polar surface area (TPSA) is 3.24 Å². The largest absolute Gasteiger partial charge is 0.330 e. The van der Waals surface area contributed by atoms with E-state index in [1.807, 2.05) is 6.08 Å². The Morgan fingerprint density at radius 2 is 1.40 bits per heavy atom. The van der Waals surface area contributed by atoms with Crippen LogP contribution in [0.4, 0.5) is 11.4 Å². The van der Waals surface area contributed by atoms with Crippen molar-refractivity contribution in [3.63, 3.8) is 0 Å². The molecule has 1 atom stereocenters. The monoisotopic (exact) mass is 667 g/mol. The third-order valence-corrected chi connectivity index (χ3v) is 11.2. The maximum absolute atomic E-state index is 4.24. The van der Waals surface area contributed by atoms with Gasteiger partial charge in [-0.1, -0.05) is 177 Å². The molecule has 0 amide bonds. The summed E-state index contributed by atoms with van der Waals surface area (Å²) in [6.45, 7) is 6.43. The second-order valence-electron chi connectivity index (χ2n) is 13.9. The van der Waals surface area contributed by atoms with Crippen LogP contribution < -0.4 is 4.90 Å². The van der Waals surface area contributed by atoms with Crippen LogP contribution in [0.5, 0.6) is 0 Å². The van der Waals surface area contributed by atoms with E-state index in [1.54, 1.807) is 0 Å². The number of hydrogen-bond acceptors (Lipinski definition) is 1. The third kappa shape index (κ3) is 4.92. The van der Waals surface area contributed by atoms with Crippen LogP contribution in [-0.4, -0.2) is 6.04 Å². The second kappa shape index (κ2) is 13.2. The zero-order valence-electron chi connectivity index (χ0n) is 29.5. The molecule has 250 valence electrons. The fourth-order valence-corrected chi connectivity index (χ4v) is 9.01. The predicted octanol–water partition coefficient (Wildman–Crippen LogP) is 13.0. The average Bonchev–Trinajstić information content (AvgIpc) is 3.52. The molecule has 1 spiro atoms. The van der Waals surface area contributed by atoms with Crippen LogP contribution in [0.1, 0.15) is 53.1 Å². The van der Waals surface area contributed by atoms with Crippen molar-refractivity contribution < 1.29 is 0 Å². The molecule has 1 heteroatoms. The van der Waals surface area contributed by atoms with Gasteiger partial charge in [0.1, 0.15) is 0 Å². The molecule has 0 aliphatic heterocycles. The van der Waals surface area contributed by atoms with E-state index in [-0.39, 0.29) is 6.04 Å². The molecular weight excluding hydrogens is 627 g/mol. The Kier molecular flexibility index (Phi) is 8.05. The number of hydrogen-bond donors (Lipinski definition) is 0. The lowest BCUT2D eigenvalue weighted by molar-refractivity contribution is 0.793. The van der Waals surface area contributed by atoms with Crippen LogP contribution in [0.15, 0.2) is 200 Å². The van der Waals surface area contributed by atoms with Gasteiger partial charge in [0.25, 0.3) is 0 Å². The van der Waals surface area contributed by atoms with Crippen molar-refractivity contribution in [3.05, 3.63) is 234 Å². The highest BCUT2D eigenvalue weighted by atomic mass is 15.2. The van der Waals surface area contributed by atoms with Gasteiger partial charge in [-0.15, -0.1) is 0 Å². The van der Waals surface area contributed by atoms with E-state index in [0.717, 1.165) is 18.5 Å². The SMILES string of the molecule is C=C/C=C1\C(=C/C)c2c(N(c3ccc(C4=CC=CCC4)cc3)C3C=CC=C(c4ccccc4)C=C3)cccc2C12c1ccccc1-c1ccccc12. The summed E-state index contributed by atoms with van der Waals surface area (Å²) in [6, 6.07) is 44.8. The minimum atomic E-state index is -0.456. The maximum atomic E-state index is 4.24. The third-order valence-electron chi connectivity index (χ3n) is 11.2. The number of allylic oxidation sites excluding steroid dienone is 13. The van der Waals surface area contributed by atoms with Crippen molar-refractivity contribution in [2.45, 2.75) is 31.2 Å². The molecule has 0 saturated heterocycles. The number of benzene rings is 5. The summed E-state index contributed by atoms with van der Waals surface area (Å²) in [5.74, 6) is 0. The highest BCUT2D eigenvalue weighted by Crippen LogP contribution is 2.65. The molecule has 0 saturated carbocycles. The van der Waals surface area contributed by atoms with Gasteiger partial charge in [-0.05, 0) is 99.2 Å². The molecule has 0 bridgehead atoms. The summed E-state index contributed by atoms with van der Waals surface area (Å²) in [4.78, 5) is 2.54. The van der Waals surface area contributed by atoms with Gasteiger partial charge in [-0.3, -0.25) is 0 Å². The van der Waals surface area contributed by atoms with Crippen LogP contribution in [0.25, 0.3) is 27.8 Å². The van der Waals surface area contributed by atoms with E-state index in [1.165, 1.54) is 72.5 Å². The zero-order valence-corrected chi connectivity index (χ0v) is 29.5. The number of rotatable bonds is 6. The summed E-state index contributed by atoms with van der Waals surface area (Å²) >= 11 is 0. The van der Waals surface area contributed by atoms with Gasteiger partial charge in [0.2, 0.25) is 0 Å². The Balaban J connectivity index is 1.27. The number of anilines is 2. The van der Waals surface area contributed by atoms with E-state index >= 15 is 0 Å². The van der Waals surface area contributed by atoms with Crippen molar-refractivity contribution in [1.29, 1.82) is 0 Å². The van der Waals surface area contributed by atoms with E-state index < -0.39 is 5.41 Å². The highest BCUT2D eigenvalue weighted by Gasteiger charge is 2.54. The molecule has 0 aromatic heterocycles. The fourth-order valence-electron chi connectivity index (χ4n) is 9.01. The molecule has 1 nitrogen and oxygen atoms in total. The molecule has 4 aliphatic carbocycles. The first kappa shape index (κ1) is 31.8. The molecule has 5 aromatic rings. The zero-order chi connectivity index (χ0) is 35.1. The number of nitrogens with zero attached hydrogens (tertiary/aromatic N) is 1. The first-order chi connectivity index (χ1) is 25.7. The molecular formula is C51H41N. The Morgan fingerprint density at radius 1 is 0.692 bits per heavy atom. The Morgan fingerprint density at radius 3 is 2.10 bits per heavy atom. The van der Waals surface area contributed by atoms with Gasteiger partial charge >= 0.3 is 0 Å². The fraction of sp³-hybridized carbons (Fsp3) is 0.0980. The Labute approximate surface area is 308 Å². The Bertz CT molecular complexity index is 2380. The van der Waals surface area contributed by atoms with Crippen molar-refractivity contribution in [2.24, 2.45) is 0 Å². The molecule has 9 rings (SSSR count). The average molecular weight is 668 g/mol. The first-order valence-corrected chi connectivity index (χ1v) is 18.4. The van der Waals surface area contributed by atoms with Gasteiger partial charge in [-0.2, -0.15) is 0 Å². The minimum Gasteiger partial charge on any atom is -0.330 e. The van der Waals surface area contributed by atoms with Crippen molar-refractivity contribution in [3.8, 4) is 11.1 Å². The summed E-state index contributed by atoms with van der Waals surface area (Å²) in [6.07, 6.45) is 26.8. The molecule has 5 aromatic carbocycles. The molecule has 52 heavy (non-hydrogen) atoms.